The van der Waals surface area contributed by atoms with Crippen LogP contribution in [0.2, 0.25) is 0 Å². The number of fused-ring (bicyclic) bond motifs is 6. The van der Waals surface area contributed by atoms with E-state index in [1.54, 1.807) is 0 Å². The van der Waals surface area contributed by atoms with E-state index in [0.29, 0.717) is 0 Å². The summed E-state index contributed by atoms with van der Waals surface area (Å²) in [5.41, 5.74) is 10.8. The molecular formula is C44H32N4. The lowest BCUT2D eigenvalue weighted by atomic mass is 9.67. The Kier molecular flexibility index (Phi) is 6.72. The van der Waals surface area contributed by atoms with Crippen LogP contribution in [0.15, 0.2) is 186 Å². The molecule has 4 nitrogen and oxygen atoms in total. The van der Waals surface area contributed by atoms with Crippen molar-refractivity contribution in [2.75, 3.05) is 0 Å². The van der Waals surface area contributed by atoms with Gasteiger partial charge < -0.3 is 9.97 Å². The molecule has 5 heterocycles. The van der Waals surface area contributed by atoms with E-state index in [9.17, 15) is 0 Å². The molecule has 0 saturated carbocycles. The molecule has 1 unspecified atom stereocenters. The van der Waals surface area contributed by atoms with Gasteiger partial charge in [-0.3, -0.25) is 4.99 Å². The SMILES string of the molecule is C1=CC2=C(c3ccccc3)C3=NC(C=C3)C(c3ccccc3)(c3ccccc3)c3ccc([nH]3)C(c3ccccc3)=c3ccc([nH]3)=CC1=N2. The monoisotopic (exact) mass is 616 g/mol. The van der Waals surface area contributed by atoms with Gasteiger partial charge in [0, 0.05) is 33.2 Å². The maximum absolute atomic E-state index is 5.62. The molecule has 48 heavy (non-hydrogen) atoms. The highest BCUT2D eigenvalue weighted by Gasteiger charge is 2.45. The quantitative estimate of drug-likeness (QED) is 0.206. The first kappa shape index (κ1) is 28.0. The molecule has 1 atom stereocenters. The molecule has 4 aromatic carbocycles. The van der Waals surface area contributed by atoms with Crippen LogP contribution in [0.5, 0.6) is 0 Å². The minimum Gasteiger partial charge on any atom is -0.357 e. The van der Waals surface area contributed by atoms with Crippen LogP contribution in [-0.2, 0) is 5.41 Å². The van der Waals surface area contributed by atoms with E-state index in [1.165, 1.54) is 11.1 Å². The third-order valence-corrected chi connectivity index (χ3v) is 9.58. The summed E-state index contributed by atoms with van der Waals surface area (Å²) < 4.78 is 0. The molecule has 0 amide bonds. The van der Waals surface area contributed by atoms with E-state index < -0.39 is 5.41 Å². The molecule has 9 rings (SSSR count). The number of aliphatic imine (C=N–C) groups is 2. The molecule has 228 valence electrons. The average molecular weight is 617 g/mol. The molecule has 3 aliphatic rings. The van der Waals surface area contributed by atoms with Crippen molar-refractivity contribution in [2.24, 2.45) is 9.98 Å². The van der Waals surface area contributed by atoms with Crippen LogP contribution in [0, 0.1) is 0 Å². The number of benzene rings is 4. The van der Waals surface area contributed by atoms with Crippen molar-refractivity contribution in [2.45, 2.75) is 11.5 Å². The predicted octanol–water partition coefficient (Wildman–Crippen LogP) is 7.52. The molecule has 0 saturated heterocycles. The highest BCUT2D eigenvalue weighted by atomic mass is 14.9. The highest BCUT2D eigenvalue weighted by molar-refractivity contribution is 6.32. The topological polar surface area (TPSA) is 56.3 Å². The van der Waals surface area contributed by atoms with E-state index in [4.69, 9.17) is 9.98 Å². The number of rotatable bonds is 4. The fourth-order valence-corrected chi connectivity index (χ4v) is 7.45. The predicted molar refractivity (Wildman–Crippen MR) is 196 cm³/mol. The lowest BCUT2D eigenvalue weighted by Gasteiger charge is -2.38. The Labute approximate surface area is 279 Å². The maximum atomic E-state index is 5.62. The van der Waals surface area contributed by atoms with Gasteiger partial charge in [0.25, 0.3) is 0 Å². The molecule has 2 aromatic heterocycles. The van der Waals surface area contributed by atoms with Gasteiger partial charge in [-0.1, -0.05) is 127 Å². The summed E-state index contributed by atoms with van der Waals surface area (Å²) in [4.78, 5) is 18.4. The Balaban J connectivity index is 1.41. The highest BCUT2D eigenvalue weighted by Crippen LogP contribution is 2.46. The van der Waals surface area contributed by atoms with Crippen LogP contribution in [-0.4, -0.2) is 27.4 Å². The van der Waals surface area contributed by atoms with Gasteiger partial charge in [-0.25, -0.2) is 4.99 Å². The number of nitrogens with zero attached hydrogens (tertiary/aromatic N) is 2. The number of aromatic nitrogens is 2. The van der Waals surface area contributed by atoms with Gasteiger partial charge in [0.15, 0.2) is 0 Å². The van der Waals surface area contributed by atoms with Crippen LogP contribution in [0.4, 0.5) is 0 Å². The fraction of sp³-hybridized carbons (Fsp3) is 0.0455. The van der Waals surface area contributed by atoms with E-state index in [0.717, 1.165) is 61.5 Å². The first-order valence-corrected chi connectivity index (χ1v) is 16.4. The number of nitrogens with one attached hydrogen (secondary N) is 2. The van der Waals surface area contributed by atoms with Crippen molar-refractivity contribution in [3.05, 3.63) is 220 Å². The van der Waals surface area contributed by atoms with Crippen molar-refractivity contribution in [1.82, 2.24) is 9.97 Å². The molecule has 0 radical (unpaired) electrons. The number of hydrogen-bond acceptors (Lipinski definition) is 2. The Hall–Kier alpha value is -6.26. The van der Waals surface area contributed by atoms with Gasteiger partial charge in [0.1, 0.15) is 0 Å². The molecule has 0 fully saturated rings. The van der Waals surface area contributed by atoms with E-state index in [-0.39, 0.29) is 6.04 Å². The van der Waals surface area contributed by atoms with E-state index >= 15 is 0 Å². The third-order valence-electron chi connectivity index (χ3n) is 9.58. The van der Waals surface area contributed by atoms with Gasteiger partial charge in [0.2, 0.25) is 0 Å². The maximum Gasteiger partial charge on any atom is 0.0883 e. The van der Waals surface area contributed by atoms with Crippen molar-refractivity contribution in [3.63, 3.8) is 0 Å². The second kappa shape index (κ2) is 11.5. The minimum atomic E-state index is -0.654. The zero-order valence-corrected chi connectivity index (χ0v) is 26.2. The van der Waals surface area contributed by atoms with Crippen LogP contribution < -0.4 is 10.7 Å². The summed E-state index contributed by atoms with van der Waals surface area (Å²) in [6.07, 6.45) is 10.8. The summed E-state index contributed by atoms with van der Waals surface area (Å²) in [5, 5.41) is 2.02. The molecular weight excluding hydrogens is 585 g/mol. The molecule has 0 aliphatic carbocycles. The minimum absolute atomic E-state index is 0.242. The van der Waals surface area contributed by atoms with Gasteiger partial charge in [-0.15, -0.1) is 0 Å². The van der Waals surface area contributed by atoms with Gasteiger partial charge >= 0.3 is 0 Å². The summed E-state index contributed by atoms with van der Waals surface area (Å²) >= 11 is 0. The molecule has 6 aromatic rings. The molecule has 4 heteroatoms. The first-order chi connectivity index (χ1) is 23.8. The Morgan fingerprint density at radius 1 is 0.542 bits per heavy atom. The van der Waals surface area contributed by atoms with Crippen LogP contribution in [0.3, 0.4) is 0 Å². The van der Waals surface area contributed by atoms with Gasteiger partial charge in [-0.05, 0) is 70.8 Å². The normalized spacial score (nSPS) is 17.7. The third kappa shape index (κ3) is 4.61. The Bertz CT molecular complexity index is 2380. The molecule has 2 N–H and O–H groups in total. The lowest BCUT2D eigenvalue weighted by Crippen LogP contribution is -2.40. The summed E-state index contributed by atoms with van der Waals surface area (Å²) in [7, 11) is 0. The van der Waals surface area contributed by atoms with E-state index in [2.05, 4.69) is 186 Å². The summed E-state index contributed by atoms with van der Waals surface area (Å²) in [6, 6.07) is 51.2. The van der Waals surface area contributed by atoms with Crippen LogP contribution in [0.1, 0.15) is 33.6 Å². The number of H-pyrrole nitrogens is 2. The van der Waals surface area contributed by atoms with E-state index in [1.807, 2.05) is 0 Å². The number of hydrogen-bond donors (Lipinski definition) is 2. The average Bonchev–Trinajstić information content (AvgIpc) is 3.98. The van der Waals surface area contributed by atoms with Crippen molar-refractivity contribution >= 4 is 28.6 Å². The fourth-order valence-electron chi connectivity index (χ4n) is 7.45. The second-order valence-electron chi connectivity index (χ2n) is 12.4. The number of allylic oxidation sites excluding steroid dienone is 4. The van der Waals surface area contributed by atoms with Gasteiger partial charge in [-0.2, -0.15) is 0 Å². The summed E-state index contributed by atoms with van der Waals surface area (Å²) in [5.74, 6) is 0. The second-order valence-corrected chi connectivity index (χ2v) is 12.4. The zero-order chi connectivity index (χ0) is 31.9. The standard InChI is InChI=1S/C44H32N4/c1-5-13-30(14-6-1)42-36-23-21-34(45-36)29-35-22-24-37(46-35)43(31-15-7-2-8-16-31)39-26-28-41(48-39)44(32-17-9-3-10-18-32,33-19-11-4-12-20-33)40-27-25-38(42)47-40/h1-29,40,46,48H. The Morgan fingerprint density at radius 2 is 1.17 bits per heavy atom. The van der Waals surface area contributed by atoms with Crippen molar-refractivity contribution in [1.29, 1.82) is 0 Å². The largest absolute Gasteiger partial charge is 0.357 e. The lowest BCUT2D eigenvalue weighted by molar-refractivity contribution is 0.539. The first-order valence-electron chi connectivity index (χ1n) is 16.4. The van der Waals surface area contributed by atoms with Crippen LogP contribution >= 0.6 is 0 Å². The van der Waals surface area contributed by atoms with Gasteiger partial charge in [0.05, 0.1) is 28.6 Å². The Morgan fingerprint density at radius 3 is 1.83 bits per heavy atom. The summed E-state index contributed by atoms with van der Waals surface area (Å²) in [6.45, 7) is 0. The smallest absolute Gasteiger partial charge is 0.0883 e. The molecule has 3 aliphatic heterocycles. The van der Waals surface area contributed by atoms with Crippen molar-refractivity contribution < 1.29 is 0 Å². The van der Waals surface area contributed by atoms with Crippen molar-refractivity contribution in [3.8, 4) is 0 Å². The number of aromatic amines is 2. The molecule has 0 spiro atoms. The molecule has 8 bridgehead atoms. The zero-order valence-electron chi connectivity index (χ0n) is 26.2. The van der Waals surface area contributed by atoms with Crippen LogP contribution in [0.25, 0.3) is 17.2 Å².